The van der Waals surface area contributed by atoms with E-state index < -0.39 is 0 Å². The Morgan fingerprint density at radius 1 is 1.13 bits per heavy atom. The largest absolute Gasteiger partial charge is 0.340 e. The zero-order chi connectivity index (χ0) is 12.3. The molecule has 2 rings (SSSR count). The van der Waals surface area contributed by atoms with Gasteiger partial charge in [-0.25, -0.2) is 0 Å². The lowest BCUT2D eigenvalue weighted by Gasteiger charge is -1.77. The lowest BCUT2D eigenvalue weighted by atomic mass is 10.4. The number of alkyl halides is 1. The Morgan fingerprint density at radius 3 is 1.87 bits per heavy atom. The highest BCUT2D eigenvalue weighted by atomic mass is 19.1. The van der Waals surface area contributed by atoms with Crippen LogP contribution in [0.5, 0.6) is 0 Å². The van der Waals surface area contributed by atoms with E-state index in [0.717, 1.165) is 5.82 Å². The first-order chi connectivity index (χ1) is 7.36. The lowest BCUT2D eigenvalue weighted by Crippen LogP contribution is -1.80. The van der Waals surface area contributed by atoms with Crippen molar-refractivity contribution in [2.45, 2.75) is 53.4 Å². The second-order valence-corrected chi connectivity index (χ2v) is 2.45. The predicted molar refractivity (Wildman–Crippen MR) is 60.7 cm³/mol. The Hall–Kier alpha value is -0.930. The van der Waals surface area contributed by atoms with Crippen molar-refractivity contribution in [1.29, 1.82) is 0 Å². The Bertz CT molecular complexity index is 222. The van der Waals surface area contributed by atoms with Crippen LogP contribution in [0.25, 0.3) is 0 Å². The fraction of sp³-hybridized carbons (Fsp3) is 0.818. The number of aromatic nitrogens is 2. The van der Waals surface area contributed by atoms with Gasteiger partial charge in [-0.2, -0.15) is 4.98 Å². The molecule has 3 nitrogen and oxygen atoms in total. The van der Waals surface area contributed by atoms with Crippen molar-refractivity contribution in [1.82, 2.24) is 10.1 Å². The summed E-state index contributed by atoms with van der Waals surface area (Å²) in [5.41, 5.74) is 0. The molecule has 0 saturated heterocycles. The molecule has 0 unspecified atom stereocenters. The summed E-state index contributed by atoms with van der Waals surface area (Å²) in [6, 6.07) is 0. The van der Waals surface area contributed by atoms with E-state index in [2.05, 4.69) is 10.1 Å². The van der Waals surface area contributed by atoms with Gasteiger partial charge in [0.1, 0.15) is 0 Å². The molecule has 0 N–H and O–H groups in total. The fourth-order valence-electron chi connectivity index (χ4n) is 0.822. The van der Waals surface area contributed by atoms with Crippen LogP contribution in [0.3, 0.4) is 0 Å². The van der Waals surface area contributed by atoms with E-state index in [1.54, 1.807) is 0 Å². The van der Waals surface area contributed by atoms with Crippen LogP contribution in [-0.2, 0) is 0 Å². The average molecular weight is 218 g/mol. The number of hydrogen-bond donors (Lipinski definition) is 0. The molecule has 15 heavy (non-hydrogen) atoms. The lowest BCUT2D eigenvalue weighted by molar-refractivity contribution is 0.387. The van der Waals surface area contributed by atoms with Gasteiger partial charge in [-0.05, 0) is 12.8 Å². The van der Waals surface area contributed by atoms with Gasteiger partial charge in [-0.15, -0.1) is 0 Å². The molecule has 1 fully saturated rings. The summed E-state index contributed by atoms with van der Waals surface area (Å²) in [7, 11) is 0.500. The topological polar surface area (TPSA) is 38.9 Å². The first-order valence-corrected chi connectivity index (χ1v) is 5.54. The minimum atomic E-state index is 0.500. The molecule has 0 aromatic carbocycles. The van der Waals surface area contributed by atoms with Gasteiger partial charge >= 0.3 is 0 Å². The molecule has 1 aliphatic rings. The van der Waals surface area contributed by atoms with Crippen LogP contribution in [0, 0.1) is 6.92 Å². The highest BCUT2D eigenvalue weighted by molar-refractivity contribution is 5.02. The molecule has 1 aromatic rings. The standard InChI is InChI=1S/C6H8N2O.2C2H6.CH3F/c1-4-7-6(8-9-4)5-2-3-5;3*1-2/h5H,2-3H2,1H3;2*1-2H3;1H3. The monoisotopic (exact) mass is 218 g/mol. The molecule has 1 aliphatic carbocycles. The number of aryl methyl sites for hydroxylation is 1. The third-order valence-electron chi connectivity index (χ3n) is 1.49. The van der Waals surface area contributed by atoms with E-state index in [4.69, 9.17) is 4.52 Å². The maximum absolute atomic E-state index is 9.50. The second-order valence-electron chi connectivity index (χ2n) is 2.45. The maximum Gasteiger partial charge on any atom is 0.223 e. The minimum Gasteiger partial charge on any atom is -0.340 e. The summed E-state index contributed by atoms with van der Waals surface area (Å²) < 4.78 is 14.3. The highest BCUT2D eigenvalue weighted by Crippen LogP contribution is 2.37. The van der Waals surface area contributed by atoms with Crippen LogP contribution >= 0.6 is 0 Å². The van der Waals surface area contributed by atoms with Crippen molar-refractivity contribution in [3.8, 4) is 0 Å². The number of nitrogens with zero attached hydrogens (tertiary/aromatic N) is 2. The van der Waals surface area contributed by atoms with Crippen LogP contribution < -0.4 is 0 Å². The van der Waals surface area contributed by atoms with Crippen LogP contribution in [0.1, 0.15) is 58.2 Å². The molecular weight excluding hydrogens is 195 g/mol. The van der Waals surface area contributed by atoms with Crippen LogP contribution in [0.15, 0.2) is 4.52 Å². The van der Waals surface area contributed by atoms with E-state index in [1.807, 2.05) is 34.6 Å². The van der Waals surface area contributed by atoms with Crippen molar-refractivity contribution >= 4 is 0 Å². The molecule has 0 bridgehead atoms. The van der Waals surface area contributed by atoms with Crippen molar-refractivity contribution in [3.63, 3.8) is 0 Å². The summed E-state index contributed by atoms with van der Waals surface area (Å²) in [6.07, 6.45) is 2.47. The predicted octanol–water partition coefficient (Wildman–Crippen LogP) is 3.89. The van der Waals surface area contributed by atoms with Gasteiger partial charge in [0.2, 0.25) is 5.89 Å². The van der Waals surface area contributed by atoms with E-state index in [1.165, 1.54) is 12.8 Å². The normalized spacial score (nSPS) is 12.2. The molecule has 0 radical (unpaired) electrons. The molecule has 1 saturated carbocycles. The van der Waals surface area contributed by atoms with E-state index in [0.29, 0.717) is 19.0 Å². The van der Waals surface area contributed by atoms with Gasteiger partial charge in [0.25, 0.3) is 0 Å². The Kier molecular flexibility index (Phi) is 12.3. The molecular formula is C11H23FN2O. The van der Waals surface area contributed by atoms with E-state index in [-0.39, 0.29) is 0 Å². The number of hydrogen-bond acceptors (Lipinski definition) is 3. The molecule has 4 heteroatoms. The number of halogens is 1. The average Bonchev–Trinajstić information content (AvgIpc) is 3.10. The third kappa shape index (κ3) is 7.05. The second kappa shape index (κ2) is 11.1. The summed E-state index contributed by atoms with van der Waals surface area (Å²) in [5, 5.41) is 3.79. The van der Waals surface area contributed by atoms with Gasteiger partial charge in [0.05, 0.1) is 7.18 Å². The van der Waals surface area contributed by atoms with Crippen LogP contribution in [0.4, 0.5) is 4.39 Å². The van der Waals surface area contributed by atoms with E-state index in [9.17, 15) is 4.39 Å². The zero-order valence-corrected chi connectivity index (χ0v) is 10.7. The van der Waals surface area contributed by atoms with Gasteiger partial charge in [-0.1, -0.05) is 32.9 Å². The Labute approximate surface area is 92.1 Å². The third-order valence-corrected chi connectivity index (χ3v) is 1.49. The first kappa shape index (κ1) is 16.5. The van der Waals surface area contributed by atoms with Crippen molar-refractivity contribution in [2.24, 2.45) is 0 Å². The van der Waals surface area contributed by atoms with Crippen LogP contribution in [0.2, 0.25) is 0 Å². The Balaban J connectivity index is 0. The van der Waals surface area contributed by atoms with Crippen molar-refractivity contribution in [3.05, 3.63) is 11.7 Å². The highest BCUT2D eigenvalue weighted by Gasteiger charge is 2.27. The van der Waals surface area contributed by atoms with Crippen molar-refractivity contribution in [2.75, 3.05) is 7.18 Å². The van der Waals surface area contributed by atoms with Gasteiger partial charge in [0, 0.05) is 12.8 Å². The number of rotatable bonds is 1. The molecule has 0 amide bonds. The smallest absolute Gasteiger partial charge is 0.223 e. The zero-order valence-electron chi connectivity index (χ0n) is 10.7. The first-order valence-electron chi connectivity index (χ1n) is 5.54. The molecule has 1 heterocycles. The molecule has 1 aromatic heterocycles. The summed E-state index contributed by atoms with van der Waals surface area (Å²) >= 11 is 0. The summed E-state index contributed by atoms with van der Waals surface area (Å²) in [6.45, 7) is 9.82. The van der Waals surface area contributed by atoms with Gasteiger partial charge < -0.3 is 4.52 Å². The van der Waals surface area contributed by atoms with Crippen LogP contribution in [-0.4, -0.2) is 17.3 Å². The molecule has 0 spiro atoms. The van der Waals surface area contributed by atoms with Gasteiger partial charge in [-0.3, -0.25) is 4.39 Å². The van der Waals surface area contributed by atoms with E-state index >= 15 is 0 Å². The SMILES string of the molecule is CC.CC.CF.Cc1nc(C2CC2)no1. The molecule has 0 aliphatic heterocycles. The fourth-order valence-corrected chi connectivity index (χ4v) is 0.822. The summed E-state index contributed by atoms with van der Waals surface area (Å²) in [4.78, 5) is 4.09. The Morgan fingerprint density at radius 2 is 1.60 bits per heavy atom. The molecule has 90 valence electrons. The van der Waals surface area contributed by atoms with Gasteiger partial charge in [0.15, 0.2) is 5.82 Å². The maximum atomic E-state index is 9.50. The van der Waals surface area contributed by atoms with Crippen molar-refractivity contribution < 1.29 is 8.91 Å². The summed E-state index contributed by atoms with van der Waals surface area (Å²) in [5.74, 6) is 2.19. The molecule has 0 atom stereocenters. The quantitative estimate of drug-likeness (QED) is 0.717. The minimum absolute atomic E-state index is 0.500.